The first-order valence-corrected chi connectivity index (χ1v) is 4.79. The molecule has 2 atom stereocenters. The maximum absolute atomic E-state index is 11.6. The van der Waals surface area contributed by atoms with Crippen molar-refractivity contribution < 1.29 is 14.3 Å². The Morgan fingerprint density at radius 1 is 1.57 bits per heavy atom. The molecule has 4 nitrogen and oxygen atoms in total. The Labute approximate surface area is 82.5 Å². The fourth-order valence-electron chi connectivity index (χ4n) is 2.18. The molecule has 1 saturated heterocycles. The summed E-state index contributed by atoms with van der Waals surface area (Å²) in [6, 6.07) is -0.247. The Hall–Kier alpha value is -1.32. The summed E-state index contributed by atoms with van der Waals surface area (Å²) in [4.78, 5) is 24.6. The first-order valence-electron chi connectivity index (χ1n) is 4.79. The molecule has 0 saturated carbocycles. The number of ether oxygens (including phenoxy) is 1. The number of fused-ring (bicyclic) bond motifs is 1. The van der Waals surface area contributed by atoms with Crippen molar-refractivity contribution in [3.8, 4) is 0 Å². The molecule has 2 aliphatic rings. The van der Waals surface area contributed by atoms with Crippen molar-refractivity contribution in [2.45, 2.75) is 31.3 Å². The van der Waals surface area contributed by atoms with Crippen molar-refractivity contribution in [3.05, 3.63) is 12.2 Å². The smallest absolute Gasteiger partial charge is 0.328 e. The number of carbonyl (C=O) groups excluding carboxylic acids is 2. The van der Waals surface area contributed by atoms with Gasteiger partial charge in [-0.1, -0.05) is 12.2 Å². The molecule has 1 fully saturated rings. The van der Waals surface area contributed by atoms with E-state index in [-0.39, 0.29) is 24.0 Å². The summed E-state index contributed by atoms with van der Waals surface area (Å²) < 4.78 is 4.67. The lowest BCUT2D eigenvalue weighted by atomic mass is 10.1. The van der Waals surface area contributed by atoms with Crippen LogP contribution in [0.1, 0.15) is 19.3 Å². The topological polar surface area (TPSA) is 46.6 Å². The standard InChI is InChI=1S/C10H13NO3/c1-14-10(13)8-6-5-7-3-2-4-9(12)11(7)8/h2-3,7-8H,4-6H2,1H3/t7-,8+/m1/s1. The summed E-state index contributed by atoms with van der Waals surface area (Å²) in [7, 11) is 1.36. The molecule has 76 valence electrons. The Bertz CT molecular complexity index is 298. The van der Waals surface area contributed by atoms with Crippen LogP contribution in [0.2, 0.25) is 0 Å². The highest BCUT2D eigenvalue weighted by Gasteiger charge is 2.41. The maximum Gasteiger partial charge on any atom is 0.328 e. The number of carbonyl (C=O) groups is 2. The number of methoxy groups -OCH3 is 1. The minimum Gasteiger partial charge on any atom is -0.467 e. The number of hydrogen-bond acceptors (Lipinski definition) is 3. The van der Waals surface area contributed by atoms with E-state index in [1.807, 2.05) is 12.2 Å². The van der Waals surface area contributed by atoms with Gasteiger partial charge in [-0.2, -0.15) is 0 Å². The summed E-state index contributed by atoms with van der Waals surface area (Å²) in [5.74, 6) is -0.262. The zero-order valence-electron chi connectivity index (χ0n) is 8.10. The van der Waals surface area contributed by atoms with Gasteiger partial charge in [0.05, 0.1) is 13.2 Å². The molecule has 0 N–H and O–H groups in total. The monoisotopic (exact) mass is 195 g/mol. The van der Waals surface area contributed by atoms with Crippen molar-refractivity contribution in [2.75, 3.05) is 7.11 Å². The van der Waals surface area contributed by atoms with E-state index < -0.39 is 0 Å². The van der Waals surface area contributed by atoms with Crippen molar-refractivity contribution in [2.24, 2.45) is 0 Å². The van der Waals surface area contributed by atoms with Gasteiger partial charge in [0, 0.05) is 6.42 Å². The minimum absolute atomic E-state index is 0.0328. The van der Waals surface area contributed by atoms with Gasteiger partial charge in [-0.15, -0.1) is 0 Å². The highest BCUT2D eigenvalue weighted by molar-refractivity contribution is 5.87. The van der Waals surface area contributed by atoms with E-state index in [1.165, 1.54) is 7.11 Å². The maximum atomic E-state index is 11.6. The third-order valence-electron chi connectivity index (χ3n) is 2.84. The van der Waals surface area contributed by atoms with Gasteiger partial charge in [-0.05, 0) is 12.8 Å². The van der Waals surface area contributed by atoms with Gasteiger partial charge in [0.1, 0.15) is 6.04 Å². The second kappa shape index (κ2) is 3.44. The number of esters is 1. The Balaban J connectivity index is 2.20. The molecule has 1 amide bonds. The molecule has 0 unspecified atom stereocenters. The quantitative estimate of drug-likeness (QED) is 0.451. The molecular weight excluding hydrogens is 182 g/mol. The number of amides is 1. The normalized spacial score (nSPS) is 30.4. The van der Waals surface area contributed by atoms with Gasteiger partial charge >= 0.3 is 5.97 Å². The van der Waals surface area contributed by atoms with Gasteiger partial charge in [-0.3, -0.25) is 4.79 Å². The predicted molar refractivity (Wildman–Crippen MR) is 49.4 cm³/mol. The van der Waals surface area contributed by atoms with Gasteiger partial charge < -0.3 is 9.64 Å². The average molecular weight is 195 g/mol. The molecule has 4 heteroatoms. The largest absolute Gasteiger partial charge is 0.467 e. The molecule has 0 bridgehead atoms. The van der Waals surface area contributed by atoms with E-state index in [9.17, 15) is 9.59 Å². The number of hydrogen-bond donors (Lipinski definition) is 0. The van der Waals surface area contributed by atoms with Crippen LogP contribution in [-0.4, -0.2) is 36.0 Å². The van der Waals surface area contributed by atoms with E-state index in [0.29, 0.717) is 12.8 Å². The Morgan fingerprint density at radius 2 is 2.36 bits per heavy atom. The lowest BCUT2D eigenvalue weighted by Gasteiger charge is -2.29. The van der Waals surface area contributed by atoms with Crippen LogP contribution in [0.25, 0.3) is 0 Å². The number of rotatable bonds is 1. The van der Waals surface area contributed by atoms with Crippen molar-refractivity contribution in [1.29, 1.82) is 0 Å². The third-order valence-corrected chi connectivity index (χ3v) is 2.84. The molecule has 0 spiro atoms. The fourth-order valence-corrected chi connectivity index (χ4v) is 2.18. The van der Waals surface area contributed by atoms with Crippen LogP contribution in [0.5, 0.6) is 0 Å². The highest BCUT2D eigenvalue weighted by atomic mass is 16.5. The molecule has 0 aromatic carbocycles. The molecule has 2 heterocycles. The first-order chi connectivity index (χ1) is 6.74. The molecule has 2 rings (SSSR count). The molecular formula is C10H13NO3. The molecule has 2 aliphatic heterocycles. The zero-order chi connectivity index (χ0) is 10.1. The number of nitrogens with zero attached hydrogens (tertiary/aromatic N) is 1. The Kier molecular flexibility index (Phi) is 2.27. The van der Waals surface area contributed by atoms with E-state index in [1.54, 1.807) is 4.90 Å². The van der Waals surface area contributed by atoms with Gasteiger partial charge in [-0.25, -0.2) is 4.79 Å². The lowest BCUT2D eigenvalue weighted by molar-refractivity contribution is -0.151. The van der Waals surface area contributed by atoms with Gasteiger partial charge in [0.2, 0.25) is 5.91 Å². The zero-order valence-corrected chi connectivity index (χ0v) is 8.10. The van der Waals surface area contributed by atoms with Crippen LogP contribution in [-0.2, 0) is 14.3 Å². The van der Waals surface area contributed by atoms with Crippen LogP contribution in [0.15, 0.2) is 12.2 Å². The van der Waals surface area contributed by atoms with E-state index in [2.05, 4.69) is 4.74 Å². The fraction of sp³-hybridized carbons (Fsp3) is 0.600. The second-order valence-corrected chi connectivity index (χ2v) is 3.62. The second-order valence-electron chi connectivity index (χ2n) is 3.62. The minimum atomic E-state index is -0.359. The summed E-state index contributed by atoms with van der Waals surface area (Å²) in [5, 5.41) is 0. The van der Waals surface area contributed by atoms with Crippen molar-refractivity contribution in [3.63, 3.8) is 0 Å². The van der Waals surface area contributed by atoms with Crippen molar-refractivity contribution >= 4 is 11.9 Å². The Morgan fingerprint density at radius 3 is 3.07 bits per heavy atom. The first kappa shape index (κ1) is 9.24. The SMILES string of the molecule is COC(=O)[C@@H]1CC[C@H]2C=CCC(=O)N21. The van der Waals surface area contributed by atoms with E-state index in [4.69, 9.17) is 0 Å². The summed E-state index contributed by atoms with van der Waals surface area (Å²) in [6.45, 7) is 0. The average Bonchev–Trinajstić information content (AvgIpc) is 2.62. The molecule has 0 aromatic rings. The van der Waals surface area contributed by atoms with Crippen LogP contribution >= 0.6 is 0 Å². The van der Waals surface area contributed by atoms with Crippen LogP contribution < -0.4 is 0 Å². The third kappa shape index (κ3) is 1.31. The van der Waals surface area contributed by atoms with Crippen LogP contribution in [0.3, 0.4) is 0 Å². The summed E-state index contributed by atoms with van der Waals surface area (Å²) >= 11 is 0. The van der Waals surface area contributed by atoms with Gasteiger partial charge in [0.25, 0.3) is 0 Å². The van der Waals surface area contributed by atoms with Crippen molar-refractivity contribution in [1.82, 2.24) is 4.90 Å². The highest BCUT2D eigenvalue weighted by Crippen LogP contribution is 2.29. The lowest BCUT2D eigenvalue weighted by Crippen LogP contribution is -2.45. The van der Waals surface area contributed by atoms with E-state index in [0.717, 1.165) is 6.42 Å². The van der Waals surface area contributed by atoms with Crippen LogP contribution in [0.4, 0.5) is 0 Å². The molecule has 0 radical (unpaired) electrons. The summed E-state index contributed by atoms with van der Waals surface area (Å²) in [6.07, 6.45) is 5.87. The van der Waals surface area contributed by atoms with E-state index >= 15 is 0 Å². The molecule has 0 aromatic heterocycles. The molecule has 0 aliphatic carbocycles. The predicted octanol–water partition coefficient (Wildman–Crippen LogP) is 0.479. The molecule has 14 heavy (non-hydrogen) atoms. The van der Waals surface area contributed by atoms with Gasteiger partial charge in [0.15, 0.2) is 0 Å². The summed E-state index contributed by atoms with van der Waals surface area (Å²) in [5.41, 5.74) is 0. The van der Waals surface area contributed by atoms with Crippen LogP contribution in [0, 0.1) is 0 Å².